The molecule has 3 heterocycles. The lowest BCUT2D eigenvalue weighted by Crippen LogP contribution is -2.49. The van der Waals surface area contributed by atoms with E-state index in [1.807, 2.05) is 6.07 Å². The third-order valence-electron chi connectivity index (χ3n) is 6.59. The maximum atomic E-state index is 13.2. The van der Waals surface area contributed by atoms with Gasteiger partial charge in [-0.15, -0.1) is 0 Å². The molecule has 2 bridgehead atoms. The molecule has 2 aliphatic heterocycles. The third-order valence-corrected chi connectivity index (χ3v) is 6.59. The fourth-order valence-electron chi connectivity index (χ4n) is 5.01. The van der Waals surface area contributed by atoms with Crippen molar-refractivity contribution in [2.75, 3.05) is 30.8 Å². The van der Waals surface area contributed by atoms with Crippen molar-refractivity contribution >= 4 is 23.3 Å². The van der Waals surface area contributed by atoms with E-state index in [0.29, 0.717) is 36.6 Å². The number of halogens is 1. The number of fused-ring (bicyclic) bond motifs is 4. The van der Waals surface area contributed by atoms with Gasteiger partial charge in [0, 0.05) is 36.8 Å². The van der Waals surface area contributed by atoms with Crippen LogP contribution in [-0.2, 0) is 6.54 Å². The van der Waals surface area contributed by atoms with Crippen LogP contribution in [-0.4, -0.2) is 41.6 Å². The molecule has 180 valence electrons. The standard InChI is InChI=1S/C26H25FN4O4/c1-35-23-5-3-2-4-20(23)28-26(34)29-21-10-11-22-18-12-16(14-31(22)25(21)33)13-30(15-18)24(32)17-6-8-19(27)9-7-17/h2-11,16,18H,12-15H2,1H3,(H2,28,29,34). The van der Waals surface area contributed by atoms with Crippen LogP contribution in [0.4, 0.5) is 20.6 Å². The highest BCUT2D eigenvalue weighted by atomic mass is 19.1. The van der Waals surface area contributed by atoms with Gasteiger partial charge in [-0.25, -0.2) is 9.18 Å². The first-order valence-corrected chi connectivity index (χ1v) is 11.4. The molecule has 1 aromatic heterocycles. The number of benzene rings is 2. The van der Waals surface area contributed by atoms with Crippen molar-refractivity contribution in [2.24, 2.45) is 5.92 Å². The van der Waals surface area contributed by atoms with Crippen LogP contribution in [0.15, 0.2) is 65.5 Å². The number of likely N-dealkylation sites (tertiary alicyclic amines) is 1. The number of piperidine rings is 1. The Balaban J connectivity index is 1.32. The van der Waals surface area contributed by atoms with Crippen LogP contribution in [0.1, 0.15) is 28.4 Å². The molecule has 35 heavy (non-hydrogen) atoms. The van der Waals surface area contributed by atoms with E-state index in [2.05, 4.69) is 10.6 Å². The van der Waals surface area contributed by atoms with E-state index in [1.165, 1.54) is 31.4 Å². The quantitative estimate of drug-likeness (QED) is 0.598. The first-order chi connectivity index (χ1) is 16.9. The number of amides is 3. The molecule has 2 unspecified atom stereocenters. The van der Waals surface area contributed by atoms with Crippen LogP contribution in [0.5, 0.6) is 5.75 Å². The number of urea groups is 1. The molecule has 2 atom stereocenters. The number of methoxy groups -OCH3 is 1. The fraction of sp³-hybridized carbons (Fsp3) is 0.269. The fourth-order valence-corrected chi connectivity index (χ4v) is 5.01. The Morgan fingerprint density at radius 3 is 2.46 bits per heavy atom. The first-order valence-electron chi connectivity index (χ1n) is 11.4. The van der Waals surface area contributed by atoms with Crippen molar-refractivity contribution in [1.82, 2.24) is 9.47 Å². The van der Waals surface area contributed by atoms with E-state index >= 15 is 0 Å². The zero-order valence-corrected chi connectivity index (χ0v) is 19.2. The number of pyridine rings is 1. The highest BCUT2D eigenvalue weighted by Crippen LogP contribution is 2.36. The lowest BCUT2D eigenvalue weighted by Gasteiger charge is -2.43. The summed E-state index contributed by atoms with van der Waals surface area (Å²) in [5.41, 5.74) is 1.69. The molecule has 3 aromatic rings. The number of nitrogens with one attached hydrogen (secondary N) is 2. The van der Waals surface area contributed by atoms with E-state index in [0.717, 1.165) is 12.1 Å². The average Bonchev–Trinajstić information content (AvgIpc) is 2.86. The van der Waals surface area contributed by atoms with Gasteiger partial charge in [0.05, 0.1) is 12.8 Å². The second-order valence-corrected chi connectivity index (χ2v) is 8.88. The van der Waals surface area contributed by atoms with Gasteiger partial charge in [-0.2, -0.15) is 0 Å². The van der Waals surface area contributed by atoms with Gasteiger partial charge in [-0.3, -0.25) is 9.59 Å². The van der Waals surface area contributed by atoms with Gasteiger partial charge in [0.15, 0.2) is 0 Å². The van der Waals surface area contributed by atoms with Crippen LogP contribution in [0.3, 0.4) is 0 Å². The minimum absolute atomic E-state index is 0.0102. The van der Waals surface area contributed by atoms with Crippen molar-refractivity contribution in [1.29, 1.82) is 0 Å². The zero-order valence-electron chi connectivity index (χ0n) is 19.2. The molecule has 3 amide bonds. The molecular formula is C26H25FN4O4. The summed E-state index contributed by atoms with van der Waals surface area (Å²) < 4.78 is 20.2. The van der Waals surface area contributed by atoms with Crippen molar-refractivity contribution < 1.29 is 18.7 Å². The highest BCUT2D eigenvalue weighted by molar-refractivity contribution is 6.00. The summed E-state index contributed by atoms with van der Waals surface area (Å²) in [7, 11) is 1.51. The largest absolute Gasteiger partial charge is 0.495 e. The molecular weight excluding hydrogens is 451 g/mol. The van der Waals surface area contributed by atoms with Gasteiger partial charge in [0.1, 0.15) is 17.3 Å². The number of aromatic nitrogens is 1. The Morgan fingerprint density at radius 1 is 0.943 bits per heavy atom. The number of anilines is 2. The predicted molar refractivity (Wildman–Crippen MR) is 129 cm³/mol. The first kappa shape index (κ1) is 22.6. The number of carbonyl (C=O) groups is 2. The molecule has 0 spiro atoms. The lowest BCUT2D eigenvalue weighted by atomic mass is 9.83. The summed E-state index contributed by atoms with van der Waals surface area (Å²) in [6, 6.07) is 15.5. The molecule has 1 fully saturated rings. The topological polar surface area (TPSA) is 92.7 Å². The second kappa shape index (κ2) is 9.25. The van der Waals surface area contributed by atoms with E-state index in [4.69, 9.17) is 4.74 Å². The van der Waals surface area contributed by atoms with E-state index in [1.54, 1.807) is 39.8 Å². The molecule has 5 rings (SSSR count). The predicted octanol–water partition coefficient (Wildman–Crippen LogP) is 3.90. The molecule has 8 nitrogen and oxygen atoms in total. The summed E-state index contributed by atoms with van der Waals surface area (Å²) in [4.78, 5) is 40.5. The van der Waals surface area contributed by atoms with Crippen molar-refractivity contribution in [2.45, 2.75) is 18.9 Å². The van der Waals surface area contributed by atoms with Crippen LogP contribution in [0.25, 0.3) is 0 Å². The third kappa shape index (κ3) is 4.49. The number of ether oxygens (including phenoxy) is 1. The monoisotopic (exact) mass is 476 g/mol. The van der Waals surface area contributed by atoms with Gasteiger partial charge in [-0.05, 0) is 60.9 Å². The number of nitrogens with zero attached hydrogens (tertiary/aromatic N) is 2. The van der Waals surface area contributed by atoms with Gasteiger partial charge < -0.3 is 24.8 Å². The summed E-state index contributed by atoms with van der Waals surface area (Å²) in [6.07, 6.45) is 0.883. The second-order valence-electron chi connectivity index (χ2n) is 8.88. The maximum absolute atomic E-state index is 13.2. The Bertz CT molecular complexity index is 1340. The van der Waals surface area contributed by atoms with Crippen LogP contribution in [0, 0.1) is 11.7 Å². The van der Waals surface area contributed by atoms with Crippen LogP contribution in [0.2, 0.25) is 0 Å². The number of hydrogen-bond donors (Lipinski definition) is 2. The van der Waals surface area contributed by atoms with Crippen LogP contribution >= 0.6 is 0 Å². The SMILES string of the molecule is COc1ccccc1NC(=O)Nc1ccc2n(c1=O)CC1CC2CN(C(=O)c2ccc(F)cc2)C1. The molecule has 0 aliphatic carbocycles. The minimum atomic E-state index is -0.542. The smallest absolute Gasteiger partial charge is 0.323 e. The summed E-state index contributed by atoms with van der Waals surface area (Å²) in [5, 5.41) is 5.35. The Hall–Kier alpha value is -4.14. The molecule has 0 radical (unpaired) electrons. The van der Waals surface area contributed by atoms with Gasteiger partial charge in [0.25, 0.3) is 11.5 Å². The number of rotatable bonds is 4. The van der Waals surface area contributed by atoms with Crippen molar-refractivity contribution in [3.05, 3.63) is 88.1 Å². The summed E-state index contributed by atoms with van der Waals surface area (Å²) in [5.74, 6) is 0.114. The Morgan fingerprint density at radius 2 is 1.69 bits per heavy atom. The molecule has 2 N–H and O–H groups in total. The van der Waals surface area contributed by atoms with Gasteiger partial charge in [0.2, 0.25) is 0 Å². The van der Waals surface area contributed by atoms with Crippen molar-refractivity contribution in [3.63, 3.8) is 0 Å². The van der Waals surface area contributed by atoms with Crippen molar-refractivity contribution in [3.8, 4) is 5.75 Å². The lowest BCUT2D eigenvalue weighted by molar-refractivity contribution is 0.0594. The maximum Gasteiger partial charge on any atom is 0.323 e. The number of para-hydroxylation sites is 2. The Kier molecular flexibility index (Phi) is 5.98. The van der Waals surface area contributed by atoms with Gasteiger partial charge >= 0.3 is 6.03 Å². The molecule has 2 aliphatic rings. The Labute approximate surface area is 201 Å². The summed E-state index contributed by atoms with van der Waals surface area (Å²) in [6.45, 7) is 1.46. The normalized spacial score (nSPS) is 18.4. The zero-order chi connectivity index (χ0) is 24.5. The van der Waals surface area contributed by atoms with Gasteiger partial charge in [-0.1, -0.05) is 12.1 Å². The highest BCUT2D eigenvalue weighted by Gasteiger charge is 2.37. The average molecular weight is 477 g/mol. The molecule has 1 saturated heterocycles. The molecule has 0 saturated carbocycles. The van der Waals surface area contributed by atoms with E-state index < -0.39 is 6.03 Å². The minimum Gasteiger partial charge on any atom is -0.495 e. The molecule has 2 aromatic carbocycles. The van der Waals surface area contributed by atoms with Crippen LogP contribution < -0.4 is 20.9 Å². The number of carbonyl (C=O) groups excluding carboxylic acids is 2. The summed E-state index contributed by atoms with van der Waals surface area (Å²) >= 11 is 0. The van der Waals surface area contributed by atoms with E-state index in [-0.39, 0.29) is 34.8 Å². The number of hydrogen-bond acceptors (Lipinski definition) is 4. The van der Waals surface area contributed by atoms with E-state index in [9.17, 15) is 18.8 Å². The molecule has 9 heteroatoms.